The van der Waals surface area contributed by atoms with Crippen molar-refractivity contribution < 1.29 is 19.9 Å². The molecule has 8 nitrogen and oxygen atoms in total. The summed E-state index contributed by atoms with van der Waals surface area (Å²) in [5, 5.41) is 29.8. The standard InChI is InChI=1S/C12H13N3O5/c16-5-10-9(17)4-11(20-10)14-6-13-12-7(14)2-1-3-8(12)15(18)19/h1-3,6,9-11,16-17H,4-5H2/t9-,10+,11-/m0/s1. The first-order valence-electron chi connectivity index (χ1n) is 6.16. The third-order valence-electron chi connectivity index (χ3n) is 3.47. The molecule has 1 aromatic carbocycles. The Labute approximate surface area is 113 Å². The van der Waals surface area contributed by atoms with Crippen LogP contribution in [0.5, 0.6) is 0 Å². The van der Waals surface area contributed by atoms with Crippen molar-refractivity contribution in [3.8, 4) is 0 Å². The van der Waals surface area contributed by atoms with E-state index in [1.165, 1.54) is 12.4 Å². The number of nitrogens with zero attached hydrogens (tertiary/aromatic N) is 3. The number of non-ortho nitro benzene ring substituents is 1. The van der Waals surface area contributed by atoms with E-state index in [-0.39, 0.29) is 17.8 Å². The number of ether oxygens (including phenoxy) is 1. The molecule has 3 atom stereocenters. The lowest BCUT2D eigenvalue weighted by molar-refractivity contribution is -0.383. The van der Waals surface area contributed by atoms with E-state index in [0.29, 0.717) is 11.9 Å². The van der Waals surface area contributed by atoms with Crippen LogP contribution in [-0.2, 0) is 4.74 Å². The molecule has 2 heterocycles. The van der Waals surface area contributed by atoms with Gasteiger partial charge in [0.05, 0.1) is 29.5 Å². The Morgan fingerprint density at radius 3 is 3.00 bits per heavy atom. The number of aliphatic hydroxyl groups excluding tert-OH is 2. The van der Waals surface area contributed by atoms with Gasteiger partial charge in [0, 0.05) is 12.5 Å². The number of imidazole rings is 1. The molecule has 2 aromatic rings. The van der Waals surface area contributed by atoms with Crippen LogP contribution in [0.4, 0.5) is 5.69 Å². The van der Waals surface area contributed by atoms with E-state index in [9.17, 15) is 15.2 Å². The molecule has 1 saturated heterocycles. The average Bonchev–Trinajstić information content (AvgIpc) is 3.01. The first-order chi connectivity index (χ1) is 9.61. The lowest BCUT2D eigenvalue weighted by atomic mass is 10.2. The summed E-state index contributed by atoms with van der Waals surface area (Å²) < 4.78 is 7.17. The van der Waals surface area contributed by atoms with Crippen molar-refractivity contribution in [2.45, 2.75) is 24.9 Å². The van der Waals surface area contributed by atoms with Crippen LogP contribution >= 0.6 is 0 Å². The minimum Gasteiger partial charge on any atom is -0.394 e. The summed E-state index contributed by atoms with van der Waals surface area (Å²) in [6, 6.07) is 4.67. The summed E-state index contributed by atoms with van der Waals surface area (Å²) in [7, 11) is 0. The number of hydrogen-bond donors (Lipinski definition) is 2. The molecule has 0 bridgehead atoms. The lowest BCUT2D eigenvalue weighted by Gasteiger charge is -2.13. The summed E-state index contributed by atoms with van der Waals surface area (Å²) in [4.78, 5) is 14.5. The highest BCUT2D eigenvalue weighted by Gasteiger charge is 2.35. The zero-order chi connectivity index (χ0) is 14.3. The van der Waals surface area contributed by atoms with Crippen molar-refractivity contribution in [3.63, 3.8) is 0 Å². The molecular weight excluding hydrogens is 266 g/mol. The predicted molar refractivity (Wildman–Crippen MR) is 68.0 cm³/mol. The van der Waals surface area contributed by atoms with Crippen molar-refractivity contribution in [1.82, 2.24) is 9.55 Å². The molecule has 1 aliphatic heterocycles. The Balaban J connectivity index is 2.02. The molecule has 20 heavy (non-hydrogen) atoms. The number of rotatable bonds is 3. The van der Waals surface area contributed by atoms with Crippen LogP contribution in [-0.4, -0.2) is 43.5 Å². The fourth-order valence-corrected chi connectivity index (χ4v) is 2.47. The summed E-state index contributed by atoms with van der Waals surface area (Å²) >= 11 is 0. The van der Waals surface area contributed by atoms with Gasteiger partial charge in [0.15, 0.2) is 5.52 Å². The molecule has 0 aliphatic carbocycles. The van der Waals surface area contributed by atoms with E-state index >= 15 is 0 Å². The highest BCUT2D eigenvalue weighted by atomic mass is 16.6. The van der Waals surface area contributed by atoms with Gasteiger partial charge in [-0.1, -0.05) is 6.07 Å². The summed E-state index contributed by atoms with van der Waals surface area (Å²) in [6.45, 7) is -0.273. The van der Waals surface area contributed by atoms with Gasteiger partial charge in [-0.15, -0.1) is 0 Å². The Kier molecular flexibility index (Phi) is 3.13. The van der Waals surface area contributed by atoms with Crippen molar-refractivity contribution in [3.05, 3.63) is 34.6 Å². The van der Waals surface area contributed by atoms with Crippen LogP contribution in [0.3, 0.4) is 0 Å². The van der Waals surface area contributed by atoms with Gasteiger partial charge in [-0.25, -0.2) is 4.98 Å². The molecule has 0 radical (unpaired) electrons. The highest BCUT2D eigenvalue weighted by molar-refractivity contribution is 5.84. The Morgan fingerprint density at radius 1 is 1.55 bits per heavy atom. The van der Waals surface area contributed by atoms with Gasteiger partial charge in [0.25, 0.3) is 5.69 Å². The average molecular weight is 279 g/mol. The molecule has 0 unspecified atom stereocenters. The Morgan fingerprint density at radius 2 is 2.35 bits per heavy atom. The fraction of sp³-hybridized carbons (Fsp3) is 0.417. The molecule has 0 saturated carbocycles. The van der Waals surface area contributed by atoms with Gasteiger partial charge in [-0.3, -0.25) is 10.1 Å². The molecule has 1 aromatic heterocycles. The monoisotopic (exact) mass is 279 g/mol. The molecule has 106 valence electrons. The van der Waals surface area contributed by atoms with Crippen LogP contribution in [0.15, 0.2) is 24.5 Å². The highest BCUT2D eigenvalue weighted by Crippen LogP contribution is 2.33. The van der Waals surface area contributed by atoms with Crippen LogP contribution in [0.25, 0.3) is 11.0 Å². The number of para-hydroxylation sites is 1. The second-order valence-electron chi connectivity index (χ2n) is 4.67. The van der Waals surface area contributed by atoms with Gasteiger partial charge in [-0.05, 0) is 6.07 Å². The molecule has 0 spiro atoms. The minimum absolute atomic E-state index is 0.0708. The number of benzene rings is 1. The second kappa shape index (κ2) is 4.82. The van der Waals surface area contributed by atoms with Gasteiger partial charge in [0.2, 0.25) is 0 Å². The molecule has 3 rings (SSSR count). The van der Waals surface area contributed by atoms with Crippen LogP contribution in [0, 0.1) is 10.1 Å². The van der Waals surface area contributed by atoms with Crippen LogP contribution < -0.4 is 0 Å². The smallest absolute Gasteiger partial charge is 0.297 e. The van der Waals surface area contributed by atoms with Gasteiger partial charge in [-0.2, -0.15) is 0 Å². The normalized spacial score (nSPS) is 26.2. The predicted octanol–water partition coefficient (Wildman–Crippen LogP) is 0.585. The summed E-state index contributed by atoms with van der Waals surface area (Å²) in [6.07, 6.45) is -0.139. The fourth-order valence-electron chi connectivity index (χ4n) is 2.47. The van der Waals surface area contributed by atoms with E-state index in [0.717, 1.165) is 0 Å². The largest absolute Gasteiger partial charge is 0.394 e. The third kappa shape index (κ3) is 1.94. The summed E-state index contributed by atoms with van der Waals surface area (Å²) in [5.41, 5.74) is 0.775. The topological polar surface area (TPSA) is 111 Å². The van der Waals surface area contributed by atoms with Gasteiger partial charge in [0.1, 0.15) is 12.3 Å². The quantitative estimate of drug-likeness (QED) is 0.628. The maximum atomic E-state index is 10.9. The lowest BCUT2D eigenvalue weighted by Crippen LogP contribution is -2.24. The van der Waals surface area contributed by atoms with Crippen molar-refractivity contribution in [1.29, 1.82) is 0 Å². The zero-order valence-electron chi connectivity index (χ0n) is 10.4. The maximum absolute atomic E-state index is 10.9. The van der Waals surface area contributed by atoms with E-state index in [2.05, 4.69) is 4.98 Å². The van der Waals surface area contributed by atoms with E-state index in [1.807, 2.05) is 0 Å². The number of nitro benzene ring substituents is 1. The minimum atomic E-state index is -0.763. The molecule has 8 heteroatoms. The van der Waals surface area contributed by atoms with Crippen LogP contribution in [0.1, 0.15) is 12.6 Å². The molecule has 1 fully saturated rings. The first-order valence-corrected chi connectivity index (χ1v) is 6.16. The van der Waals surface area contributed by atoms with Gasteiger partial charge >= 0.3 is 0 Å². The number of aromatic nitrogens is 2. The molecular formula is C12H13N3O5. The zero-order valence-corrected chi connectivity index (χ0v) is 10.4. The third-order valence-corrected chi connectivity index (χ3v) is 3.47. The van der Waals surface area contributed by atoms with Crippen molar-refractivity contribution in [2.75, 3.05) is 6.61 Å². The Bertz CT molecular complexity index is 656. The van der Waals surface area contributed by atoms with Gasteiger partial charge < -0.3 is 19.5 Å². The molecule has 0 amide bonds. The summed E-state index contributed by atoms with van der Waals surface area (Å²) in [5.74, 6) is 0. The number of hydrogen-bond acceptors (Lipinski definition) is 6. The van der Waals surface area contributed by atoms with Crippen LogP contribution in [0.2, 0.25) is 0 Å². The SMILES string of the molecule is O=[N+]([O-])c1cccc2c1ncn2[C@@H]1C[C@H](O)[C@@H](CO)O1. The van der Waals surface area contributed by atoms with Crippen molar-refractivity contribution in [2.24, 2.45) is 0 Å². The number of aliphatic hydroxyl groups is 2. The van der Waals surface area contributed by atoms with Crippen molar-refractivity contribution >= 4 is 16.7 Å². The van der Waals surface area contributed by atoms with E-state index in [4.69, 9.17) is 9.84 Å². The Hall–Kier alpha value is -2.03. The molecule has 1 aliphatic rings. The van der Waals surface area contributed by atoms with E-state index in [1.54, 1.807) is 16.7 Å². The van der Waals surface area contributed by atoms with E-state index < -0.39 is 23.4 Å². The number of nitro groups is 1. The maximum Gasteiger partial charge on any atom is 0.297 e. The molecule has 2 N–H and O–H groups in total. The number of fused-ring (bicyclic) bond motifs is 1. The second-order valence-corrected chi connectivity index (χ2v) is 4.67. The first kappa shape index (κ1) is 13.0.